The van der Waals surface area contributed by atoms with E-state index >= 15 is 0 Å². The maximum Gasteiger partial charge on any atom is 0.225 e. The molecule has 0 fully saturated rings. The van der Waals surface area contributed by atoms with E-state index in [9.17, 15) is 0 Å². The van der Waals surface area contributed by atoms with Gasteiger partial charge in [-0.1, -0.05) is 0 Å². The Labute approximate surface area is 105 Å². The summed E-state index contributed by atoms with van der Waals surface area (Å²) in [6.07, 6.45) is 3.44. The van der Waals surface area contributed by atoms with Crippen LogP contribution in [0.2, 0.25) is 0 Å². The van der Waals surface area contributed by atoms with Crippen molar-refractivity contribution in [1.29, 1.82) is 0 Å². The second-order valence-electron chi connectivity index (χ2n) is 3.60. The van der Waals surface area contributed by atoms with Gasteiger partial charge < -0.3 is 15.7 Å². The van der Waals surface area contributed by atoms with Crippen molar-refractivity contribution >= 4 is 11.8 Å². The van der Waals surface area contributed by atoms with E-state index in [1.807, 2.05) is 18.2 Å². The minimum atomic E-state index is 0.0394. The second-order valence-corrected chi connectivity index (χ2v) is 3.60. The summed E-state index contributed by atoms with van der Waals surface area (Å²) in [5.74, 6) is 1.21. The summed E-state index contributed by atoms with van der Waals surface area (Å²) in [6, 6.07) is 5.63. The predicted octanol–water partition coefficient (Wildman–Crippen LogP) is 0.984. The van der Waals surface area contributed by atoms with Crippen LogP contribution in [0.3, 0.4) is 0 Å². The molecule has 2 heterocycles. The minimum Gasteiger partial charge on any atom is -0.395 e. The van der Waals surface area contributed by atoms with Gasteiger partial charge >= 0.3 is 0 Å². The molecule has 0 radical (unpaired) electrons. The van der Waals surface area contributed by atoms with Crippen molar-refractivity contribution in [2.24, 2.45) is 0 Å². The first-order valence-electron chi connectivity index (χ1n) is 5.65. The molecule has 94 valence electrons. The molecule has 0 aliphatic rings. The lowest BCUT2D eigenvalue weighted by molar-refractivity contribution is 0.311. The summed E-state index contributed by atoms with van der Waals surface area (Å²) in [7, 11) is 1.80. The van der Waals surface area contributed by atoms with Gasteiger partial charge in [-0.3, -0.25) is 4.98 Å². The van der Waals surface area contributed by atoms with Crippen molar-refractivity contribution < 1.29 is 5.11 Å². The quantitative estimate of drug-likeness (QED) is 0.728. The van der Waals surface area contributed by atoms with E-state index in [0.717, 1.165) is 17.1 Å². The molecule has 2 aromatic rings. The van der Waals surface area contributed by atoms with Crippen LogP contribution in [0.5, 0.6) is 0 Å². The van der Waals surface area contributed by atoms with Gasteiger partial charge in [0, 0.05) is 37.6 Å². The van der Waals surface area contributed by atoms with Gasteiger partial charge in [-0.25, -0.2) is 4.98 Å². The van der Waals surface area contributed by atoms with E-state index in [-0.39, 0.29) is 6.61 Å². The Hall–Kier alpha value is -2.21. The zero-order valence-corrected chi connectivity index (χ0v) is 10.1. The van der Waals surface area contributed by atoms with Crippen molar-refractivity contribution in [2.75, 3.05) is 30.8 Å². The zero-order chi connectivity index (χ0) is 12.8. The maximum atomic E-state index is 8.80. The van der Waals surface area contributed by atoms with Crippen LogP contribution in [-0.2, 0) is 0 Å². The number of hydrogen-bond acceptors (Lipinski definition) is 6. The molecule has 3 N–H and O–H groups in total. The van der Waals surface area contributed by atoms with Gasteiger partial charge in [-0.05, 0) is 12.1 Å². The first-order valence-corrected chi connectivity index (χ1v) is 5.65. The summed E-state index contributed by atoms with van der Waals surface area (Å²) in [4.78, 5) is 12.6. The SMILES string of the molecule is CNc1cc(-c2ccncc2)nc(NCCO)n1. The van der Waals surface area contributed by atoms with E-state index in [1.165, 1.54) is 0 Å². The molecule has 0 atom stereocenters. The molecule has 2 rings (SSSR count). The number of rotatable bonds is 5. The highest BCUT2D eigenvalue weighted by molar-refractivity contribution is 5.63. The highest BCUT2D eigenvalue weighted by Crippen LogP contribution is 2.20. The average Bonchev–Trinajstić information content (AvgIpc) is 2.45. The molecule has 0 unspecified atom stereocenters. The van der Waals surface area contributed by atoms with E-state index < -0.39 is 0 Å². The standard InChI is InChI=1S/C12H15N5O/c1-13-11-8-10(9-2-4-14-5-3-9)16-12(17-11)15-6-7-18/h2-5,8,18H,6-7H2,1H3,(H2,13,15,16,17). The van der Waals surface area contributed by atoms with Crippen molar-refractivity contribution in [2.45, 2.75) is 0 Å². The molecular weight excluding hydrogens is 230 g/mol. The summed E-state index contributed by atoms with van der Waals surface area (Å²) >= 11 is 0. The topological polar surface area (TPSA) is 83.0 Å². The van der Waals surface area contributed by atoms with Crippen molar-refractivity contribution in [1.82, 2.24) is 15.0 Å². The van der Waals surface area contributed by atoms with Gasteiger partial charge in [0.05, 0.1) is 12.3 Å². The Balaban J connectivity index is 2.35. The number of pyridine rings is 1. The molecule has 6 heteroatoms. The van der Waals surface area contributed by atoms with Gasteiger partial charge in [0.1, 0.15) is 5.82 Å². The van der Waals surface area contributed by atoms with E-state index in [0.29, 0.717) is 12.5 Å². The lowest BCUT2D eigenvalue weighted by atomic mass is 10.2. The van der Waals surface area contributed by atoms with Gasteiger partial charge in [0.2, 0.25) is 5.95 Å². The molecule has 0 aliphatic heterocycles. The Morgan fingerprint density at radius 3 is 2.67 bits per heavy atom. The normalized spacial score (nSPS) is 10.1. The largest absolute Gasteiger partial charge is 0.395 e. The molecule has 0 aromatic carbocycles. The van der Waals surface area contributed by atoms with E-state index in [4.69, 9.17) is 5.11 Å². The van der Waals surface area contributed by atoms with E-state index in [1.54, 1.807) is 19.4 Å². The summed E-state index contributed by atoms with van der Waals surface area (Å²) in [5, 5.41) is 14.7. The molecule has 2 aromatic heterocycles. The number of aliphatic hydroxyl groups excluding tert-OH is 1. The van der Waals surface area contributed by atoms with E-state index in [2.05, 4.69) is 25.6 Å². The van der Waals surface area contributed by atoms with Crippen LogP contribution in [0.15, 0.2) is 30.6 Å². The van der Waals surface area contributed by atoms with Crippen LogP contribution in [0, 0.1) is 0 Å². The van der Waals surface area contributed by atoms with Crippen LogP contribution >= 0.6 is 0 Å². The third kappa shape index (κ3) is 2.92. The Bertz CT molecular complexity index is 503. The van der Waals surface area contributed by atoms with Crippen LogP contribution in [0.1, 0.15) is 0 Å². The molecular formula is C12H15N5O. The fraction of sp³-hybridized carbons (Fsp3) is 0.250. The molecule has 0 bridgehead atoms. The summed E-state index contributed by atoms with van der Waals surface area (Å²) < 4.78 is 0. The number of anilines is 2. The van der Waals surface area contributed by atoms with Gasteiger partial charge in [-0.2, -0.15) is 4.98 Å². The lowest BCUT2D eigenvalue weighted by Gasteiger charge is -2.08. The van der Waals surface area contributed by atoms with Crippen LogP contribution < -0.4 is 10.6 Å². The molecule has 0 amide bonds. The van der Waals surface area contributed by atoms with Gasteiger partial charge in [0.15, 0.2) is 0 Å². The maximum absolute atomic E-state index is 8.80. The van der Waals surface area contributed by atoms with Crippen molar-refractivity contribution in [3.8, 4) is 11.3 Å². The monoisotopic (exact) mass is 245 g/mol. The third-order valence-electron chi connectivity index (χ3n) is 2.35. The highest BCUT2D eigenvalue weighted by Gasteiger charge is 2.05. The zero-order valence-electron chi connectivity index (χ0n) is 10.1. The average molecular weight is 245 g/mol. The molecule has 18 heavy (non-hydrogen) atoms. The number of hydrogen-bond donors (Lipinski definition) is 3. The Morgan fingerprint density at radius 2 is 2.00 bits per heavy atom. The number of aliphatic hydroxyl groups is 1. The number of nitrogens with one attached hydrogen (secondary N) is 2. The molecule has 0 spiro atoms. The first-order chi connectivity index (χ1) is 8.83. The second kappa shape index (κ2) is 5.92. The van der Waals surface area contributed by atoms with Crippen molar-refractivity contribution in [3.63, 3.8) is 0 Å². The number of aromatic nitrogens is 3. The van der Waals surface area contributed by atoms with Crippen LogP contribution in [-0.4, -0.2) is 40.3 Å². The number of nitrogens with zero attached hydrogens (tertiary/aromatic N) is 3. The summed E-state index contributed by atoms with van der Waals surface area (Å²) in [6.45, 7) is 0.459. The first kappa shape index (κ1) is 12.3. The molecule has 6 nitrogen and oxygen atoms in total. The Morgan fingerprint density at radius 1 is 1.22 bits per heavy atom. The van der Waals surface area contributed by atoms with Crippen LogP contribution in [0.25, 0.3) is 11.3 Å². The molecule has 0 saturated carbocycles. The van der Waals surface area contributed by atoms with Gasteiger partial charge in [-0.15, -0.1) is 0 Å². The Kier molecular flexibility index (Phi) is 4.03. The van der Waals surface area contributed by atoms with Gasteiger partial charge in [0.25, 0.3) is 0 Å². The lowest BCUT2D eigenvalue weighted by Crippen LogP contribution is -2.10. The molecule has 0 saturated heterocycles. The molecule has 0 aliphatic carbocycles. The predicted molar refractivity (Wildman–Crippen MR) is 70.4 cm³/mol. The van der Waals surface area contributed by atoms with Crippen molar-refractivity contribution in [3.05, 3.63) is 30.6 Å². The smallest absolute Gasteiger partial charge is 0.225 e. The highest BCUT2D eigenvalue weighted by atomic mass is 16.3. The minimum absolute atomic E-state index is 0.0394. The summed E-state index contributed by atoms with van der Waals surface area (Å²) in [5.41, 5.74) is 1.77. The van der Waals surface area contributed by atoms with Crippen LogP contribution in [0.4, 0.5) is 11.8 Å². The fourth-order valence-electron chi connectivity index (χ4n) is 1.49. The third-order valence-corrected chi connectivity index (χ3v) is 2.35. The fourth-order valence-corrected chi connectivity index (χ4v) is 1.49.